The molecule has 9 heteroatoms. The molecule has 9 nitrogen and oxygen atoms in total. The lowest BCUT2D eigenvalue weighted by molar-refractivity contribution is -0.384. The molecular formula is C23H23N5O4. The molecular weight excluding hydrogens is 410 g/mol. The molecule has 0 radical (unpaired) electrons. The van der Waals surface area contributed by atoms with Gasteiger partial charge in [0, 0.05) is 40.5 Å². The summed E-state index contributed by atoms with van der Waals surface area (Å²) in [6, 6.07) is 13.3. The van der Waals surface area contributed by atoms with Crippen LogP contribution in [0.2, 0.25) is 0 Å². The second kappa shape index (κ2) is 9.25. The lowest BCUT2D eigenvalue weighted by atomic mass is 10.1. The maximum atomic E-state index is 12.0. The Morgan fingerprint density at radius 1 is 1.00 bits per heavy atom. The normalized spacial score (nSPS) is 10.9. The summed E-state index contributed by atoms with van der Waals surface area (Å²) in [6.07, 6.45) is 1.49. The standard InChI is InChI=1S/C23H23N5O4/c1-14-5-6-15(2)21(11-14)27-16(3)12-18(17(27)4)13-24-26-23(30)22(29)25-19-7-9-20(10-8-19)28(31)32/h5-13H,1-4H3,(H,25,29)(H,26,30)/b24-13+. The second-order valence-corrected chi connectivity index (χ2v) is 7.41. The lowest BCUT2D eigenvalue weighted by Gasteiger charge is -2.13. The molecule has 0 aliphatic heterocycles. The number of hydrogen-bond acceptors (Lipinski definition) is 5. The van der Waals surface area contributed by atoms with Crippen molar-refractivity contribution in [3.63, 3.8) is 0 Å². The number of nitrogens with one attached hydrogen (secondary N) is 2. The fourth-order valence-corrected chi connectivity index (χ4v) is 3.31. The first-order valence-corrected chi connectivity index (χ1v) is 9.83. The van der Waals surface area contributed by atoms with Crippen LogP contribution < -0.4 is 10.7 Å². The third kappa shape index (κ3) is 4.89. The van der Waals surface area contributed by atoms with Crippen LogP contribution in [-0.4, -0.2) is 27.5 Å². The molecule has 2 aromatic carbocycles. The van der Waals surface area contributed by atoms with E-state index >= 15 is 0 Å². The number of amides is 2. The molecule has 1 aromatic heterocycles. The van der Waals surface area contributed by atoms with Crippen molar-refractivity contribution in [2.24, 2.45) is 5.10 Å². The SMILES string of the molecule is Cc1ccc(C)c(-n2c(C)cc(/C=N/NC(=O)C(=O)Nc3ccc([N+](=O)[O-])cc3)c2C)c1. The molecule has 1 heterocycles. The minimum absolute atomic E-state index is 0.115. The maximum absolute atomic E-state index is 12.0. The number of rotatable bonds is 5. The van der Waals surface area contributed by atoms with Gasteiger partial charge >= 0.3 is 11.8 Å². The molecule has 0 unspecified atom stereocenters. The Morgan fingerprint density at radius 3 is 2.34 bits per heavy atom. The fourth-order valence-electron chi connectivity index (χ4n) is 3.31. The van der Waals surface area contributed by atoms with E-state index in [9.17, 15) is 19.7 Å². The van der Waals surface area contributed by atoms with Crippen molar-refractivity contribution in [2.75, 3.05) is 5.32 Å². The monoisotopic (exact) mass is 433 g/mol. The third-order valence-corrected chi connectivity index (χ3v) is 4.99. The number of nitro groups is 1. The molecule has 164 valence electrons. The van der Waals surface area contributed by atoms with E-state index in [1.807, 2.05) is 33.8 Å². The summed E-state index contributed by atoms with van der Waals surface area (Å²) in [4.78, 5) is 34.2. The van der Waals surface area contributed by atoms with E-state index in [1.54, 1.807) is 0 Å². The van der Waals surface area contributed by atoms with Gasteiger partial charge in [-0.25, -0.2) is 5.43 Å². The first kappa shape index (κ1) is 22.4. The molecule has 3 rings (SSSR count). The topological polar surface area (TPSA) is 119 Å². The number of anilines is 1. The van der Waals surface area contributed by atoms with Crippen molar-refractivity contribution in [3.8, 4) is 5.69 Å². The highest BCUT2D eigenvalue weighted by atomic mass is 16.6. The number of carbonyl (C=O) groups is 2. The predicted octanol–water partition coefficient (Wildman–Crippen LogP) is 3.71. The summed E-state index contributed by atoms with van der Waals surface area (Å²) in [5.74, 6) is -1.89. The summed E-state index contributed by atoms with van der Waals surface area (Å²) in [7, 11) is 0. The number of hydrogen-bond donors (Lipinski definition) is 2. The predicted molar refractivity (Wildman–Crippen MR) is 122 cm³/mol. The van der Waals surface area contributed by atoms with Crippen LogP contribution in [0.3, 0.4) is 0 Å². The average molecular weight is 433 g/mol. The molecule has 0 atom stereocenters. The third-order valence-electron chi connectivity index (χ3n) is 4.99. The molecule has 3 aromatic rings. The van der Waals surface area contributed by atoms with Crippen LogP contribution in [0.25, 0.3) is 5.69 Å². The molecule has 2 amide bonds. The maximum Gasteiger partial charge on any atom is 0.329 e. The minimum Gasteiger partial charge on any atom is -0.318 e. The molecule has 0 bridgehead atoms. The number of nitrogens with zero attached hydrogens (tertiary/aromatic N) is 3. The summed E-state index contributed by atoms with van der Waals surface area (Å²) in [6.45, 7) is 8.03. The largest absolute Gasteiger partial charge is 0.329 e. The van der Waals surface area contributed by atoms with Gasteiger partial charge in [-0.3, -0.25) is 19.7 Å². The number of carbonyl (C=O) groups excluding carboxylic acids is 2. The van der Waals surface area contributed by atoms with Crippen LogP contribution in [0.5, 0.6) is 0 Å². The minimum atomic E-state index is -0.956. The average Bonchev–Trinajstić information content (AvgIpc) is 3.03. The van der Waals surface area contributed by atoms with Gasteiger partial charge in [0.1, 0.15) is 0 Å². The van der Waals surface area contributed by atoms with E-state index in [1.165, 1.54) is 30.5 Å². The van der Waals surface area contributed by atoms with Gasteiger partial charge < -0.3 is 9.88 Å². The number of aromatic nitrogens is 1. The summed E-state index contributed by atoms with van der Waals surface area (Å²) >= 11 is 0. The van der Waals surface area contributed by atoms with Gasteiger partial charge in [0.2, 0.25) is 0 Å². The van der Waals surface area contributed by atoms with Crippen molar-refractivity contribution in [1.29, 1.82) is 0 Å². The van der Waals surface area contributed by atoms with Crippen molar-refractivity contribution in [2.45, 2.75) is 27.7 Å². The van der Waals surface area contributed by atoms with Crippen molar-refractivity contribution in [3.05, 3.63) is 86.7 Å². The number of aryl methyl sites for hydroxylation is 3. The number of benzene rings is 2. The summed E-state index contributed by atoms with van der Waals surface area (Å²) in [5, 5.41) is 16.9. The molecule has 0 saturated carbocycles. The first-order valence-electron chi connectivity index (χ1n) is 9.83. The van der Waals surface area contributed by atoms with Crippen LogP contribution in [0.1, 0.15) is 28.1 Å². The van der Waals surface area contributed by atoms with Gasteiger partial charge in [0.05, 0.1) is 11.1 Å². The quantitative estimate of drug-likeness (QED) is 0.276. The molecule has 0 aliphatic carbocycles. The Labute approximate surface area is 184 Å². The Balaban J connectivity index is 1.68. The zero-order chi connectivity index (χ0) is 23.4. The molecule has 0 spiro atoms. The van der Waals surface area contributed by atoms with Crippen LogP contribution in [-0.2, 0) is 9.59 Å². The molecule has 0 saturated heterocycles. The van der Waals surface area contributed by atoms with E-state index in [2.05, 4.69) is 38.6 Å². The Bertz CT molecular complexity index is 1230. The molecule has 32 heavy (non-hydrogen) atoms. The van der Waals surface area contributed by atoms with E-state index in [-0.39, 0.29) is 11.4 Å². The zero-order valence-corrected chi connectivity index (χ0v) is 18.2. The molecule has 0 fully saturated rings. The van der Waals surface area contributed by atoms with Gasteiger partial charge in [-0.2, -0.15) is 5.10 Å². The smallest absolute Gasteiger partial charge is 0.318 e. The highest BCUT2D eigenvalue weighted by molar-refractivity contribution is 6.39. The second-order valence-electron chi connectivity index (χ2n) is 7.41. The van der Waals surface area contributed by atoms with Gasteiger partial charge in [0.25, 0.3) is 5.69 Å². The zero-order valence-electron chi connectivity index (χ0n) is 18.2. The van der Waals surface area contributed by atoms with Crippen LogP contribution in [0.4, 0.5) is 11.4 Å². The van der Waals surface area contributed by atoms with Gasteiger partial charge in [0.15, 0.2) is 0 Å². The Hall–Kier alpha value is -4.27. The van der Waals surface area contributed by atoms with Gasteiger partial charge in [-0.1, -0.05) is 12.1 Å². The van der Waals surface area contributed by atoms with Crippen molar-refractivity contribution < 1.29 is 14.5 Å². The van der Waals surface area contributed by atoms with E-state index in [4.69, 9.17) is 0 Å². The van der Waals surface area contributed by atoms with E-state index < -0.39 is 16.7 Å². The van der Waals surface area contributed by atoms with E-state index in [0.29, 0.717) is 0 Å². The van der Waals surface area contributed by atoms with Crippen molar-refractivity contribution >= 4 is 29.4 Å². The molecule has 2 N–H and O–H groups in total. The number of nitro benzene ring substituents is 1. The first-order chi connectivity index (χ1) is 15.2. The van der Waals surface area contributed by atoms with Gasteiger partial charge in [-0.15, -0.1) is 0 Å². The number of hydrazone groups is 1. The van der Waals surface area contributed by atoms with Gasteiger partial charge in [-0.05, 0) is 63.1 Å². The van der Waals surface area contributed by atoms with Crippen molar-refractivity contribution in [1.82, 2.24) is 9.99 Å². The highest BCUT2D eigenvalue weighted by Gasteiger charge is 2.15. The van der Waals surface area contributed by atoms with E-state index in [0.717, 1.165) is 33.8 Å². The fraction of sp³-hybridized carbons (Fsp3) is 0.174. The number of non-ortho nitro benzene ring substituents is 1. The van der Waals surface area contributed by atoms with Crippen LogP contribution >= 0.6 is 0 Å². The Kier molecular flexibility index (Phi) is 6.48. The molecule has 0 aliphatic rings. The Morgan fingerprint density at radius 2 is 1.69 bits per heavy atom. The summed E-state index contributed by atoms with van der Waals surface area (Å²) < 4.78 is 2.12. The van der Waals surface area contributed by atoms with Crippen LogP contribution in [0, 0.1) is 37.8 Å². The van der Waals surface area contributed by atoms with Crippen LogP contribution in [0.15, 0.2) is 53.6 Å². The lowest BCUT2D eigenvalue weighted by Crippen LogP contribution is -2.32. The summed E-state index contributed by atoms with van der Waals surface area (Å²) in [5.41, 5.74) is 8.47. The highest BCUT2D eigenvalue weighted by Crippen LogP contribution is 2.23.